The standard InChI is InChI=1S/C14H14FNO3S/c1-14(2,3)19-12(17)10-11(20-13(18)16-10)8-6-4-5-7-9(8)15/h4-7H,1-3H3,(H,16,18). The van der Waals surface area contributed by atoms with Gasteiger partial charge in [-0.25, -0.2) is 9.18 Å². The molecule has 0 fully saturated rings. The number of halogens is 1. The Bertz CT molecular complexity index is 697. The van der Waals surface area contributed by atoms with E-state index in [9.17, 15) is 14.0 Å². The zero-order valence-corrected chi connectivity index (χ0v) is 12.1. The number of aromatic nitrogens is 1. The maximum Gasteiger partial charge on any atom is 0.356 e. The Balaban J connectivity index is 2.49. The maximum atomic E-state index is 13.8. The molecule has 2 rings (SSSR count). The van der Waals surface area contributed by atoms with E-state index in [0.29, 0.717) is 0 Å². The molecule has 1 aromatic heterocycles. The first-order valence-corrected chi connectivity index (χ1v) is 6.81. The molecule has 1 heterocycles. The van der Waals surface area contributed by atoms with Crippen LogP contribution >= 0.6 is 11.3 Å². The second kappa shape index (κ2) is 5.20. The first-order chi connectivity index (χ1) is 9.28. The van der Waals surface area contributed by atoms with Crippen LogP contribution in [0.3, 0.4) is 0 Å². The van der Waals surface area contributed by atoms with Crippen LogP contribution in [0.15, 0.2) is 29.1 Å². The predicted molar refractivity (Wildman–Crippen MR) is 75.5 cm³/mol. The van der Waals surface area contributed by atoms with Gasteiger partial charge in [-0.1, -0.05) is 29.5 Å². The normalized spacial score (nSPS) is 11.4. The Morgan fingerprint density at radius 2 is 1.95 bits per heavy atom. The molecule has 0 spiro atoms. The molecule has 0 atom stereocenters. The van der Waals surface area contributed by atoms with Crippen molar-refractivity contribution in [2.75, 3.05) is 0 Å². The van der Waals surface area contributed by atoms with Crippen LogP contribution in [-0.4, -0.2) is 16.6 Å². The van der Waals surface area contributed by atoms with Crippen LogP contribution in [0, 0.1) is 5.82 Å². The number of benzene rings is 1. The molecule has 0 saturated carbocycles. The molecule has 1 aromatic carbocycles. The van der Waals surface area contributed by atoms with E-state index >= 15 is 0 Å². The number of esters is 1. The monoisotopic (exact) mass is 295 g/mol. The summed E-state index contributed by atoms with van der Waals surface area (Å²) in [6.45, 7) is 5.16. The molecule has 0 aliphatic heterocycles. The van der Waals surface area contributed by atoms with Gasteiger partial charge in [0.2, 0.25) is 0 Å². The van der Waals surface area contributed by atoms with Gasteiger partial charge >= 0.3 is 10.8 Å². The fraction of sp³-hybridized carbons (Fsp3) is 0.286. The van der Waals surface area contributed by atoms with Crippen LogP contribution in [0.25, 0.3) is 10.4 Å². The molecule has 0 unspecified atom stereocenters. The van der Waals surface area contributed by atoms with E-state index in [1.165, 1.54) is 12.1 Å². The number of hydrogen-bond acceptors (Lipinski definition) is 4. The van der Waals surface area contributed by atoms with Crippen molar-refractivity contribution in [1.29, 1.82) is 0 Å². The highest BCUT2D eigenvalue weighted by molar-refractivity contribution is 7.13. The number of H-pyrrole nitrogens is 1. The fourth-order valence-corrected chi connectivity index (χ4v) is 2.49. The lowest BCUT2D eigenvalue weighted by Gasteiger charge is -2.19. The molecule has 1 N–H and O–H groups in total. The van der Waals surface area contributed by atoms with Gasteiger partial charge in [-0.05, 0) is 26.8 Å². The highest BCUT2D eigenvalue weighted by atomic mass is 32.1. The van der Waals surface area contributed by atoms with E-state index in [2.05, 4.69) is 4.98 Å². The number of hydrogen-bond donors (Lipinski definition) is 1. The molecule has 0 aliphatic carbocycles. The molecule has 0 aliphatic rings. The Hall–Kier alpha value is -1.95. The first-order valence-electron chi connectivity index (χ1n) is 5.99. The predicted octanol–water partition coefficient (Wildman–Crippen LogP) is 3.20. The Kier molecular flexibility index (Phi) is 3.76. The summed E-state index contributed by atoms with van der Waals surface area (Å²) < 4.78 is 19.0. The highest BCUT2D eigenvalue weighted by Crippen LogP contribution is 2.29. The number of rotatable bonds is 2. The van der Waals surface area contributed by atoms with Crippen LogP contribution < -0.4 is 4.87 Å². The van der Waals surface area contributed by atoms with Gasteiger partial charge in [0.25, 0.3) is 0 Å². The first kappa shape index (κ1) is 14.5. The van der Waals surface area contributed by atoms with Crippen LogP contribution in [0.2, 0.25) is 0 Å². The minimum Gasteiger partial charge on any atom is -0.455 e. The fourth-order valence-electron chi connectivity index (χ4n) is 1.64. The topological polar surface area (TPSA) is 59.2 Å². The van der Waals surface area contributed by atoms with Gasteiger partial charge in [0.05, 0.1) is 4.88 Å². The van der Waals surface area contributed by atoms with Gasteiger partial charge in [-0.2, -0.15) is 0 Å². The number of aromatic amines is 1. The zero-order valence-electron chi connectivity index (χ0n) is 11.3. The van der Waals surface area contributed by atoms with Crippen molar-refractivity contribution in [3.8, 4) is 10.4 Å². The Labute approximate surface area is 119 Å². The van der Waals surface area contributed by atoms with E-state index in [-0.39, 0.29) is 16.1 Å². The molecule has 0 saturated heterocycles. The van der Waals surface area contributed by atoms with Crippen molar-refractivity contribution in [3.05, 3.63) is 45.4 Å². The van der Waals surface area contributed by atoms with Gasteiger partial charge in [-0.3, -0.25) is 4.79 Å². The molecular weight excluding hydrogens is 281 g/mol. The number of carbonyl (C=O) groups excluding carboxylic acids is 1. The third kappa shape index (κ3) is 3.14. The molecule has 6 heteroatoms. The van der Waals surface area contributed by atoms with Crippen molar-refractivity contribution in [2.24, 2.45) is 0 Å². The number of carbonyl (C=O) groups is 1. The lowest BCUT2D eigenvalue weighted by Crippen LogP contribution is -2.24. The van der Waals surface area contributed by atoms with Gasteiger partial charge < -0.3 is 9.72 Å². The molecule has 0 bridgehead atoms. The average molecular weight is 295 g/mol. The van der Waals surface area contributed by atoms with Crippen molar-refractivity contribution in [1.82, 2.24) is 4.98 Å². The molecule has 0 radical (unpaired) electrons. The van der Waals surface area contributed by atoms with Crippen molar-refractivity contribution in [3.63, 3.8) is 0 Å². The van der Waals surface area contributed by atoms with E-state index in [0.717, 1.165) is 11.3 Å². The SMILES string of the molecule is CC(C)(C)OC(=O)c1[nH]c(=O)sc1-c1ccccc1F. The molecule has 106 valence electrons. The molecule has 20 heavy (non-hydrogen) atoms. The van der Waals surface area contributed by atoms with Crippen LogP contribution in [0.5, 0.6) is 0 Å². The number of ether oxygens (including phenoxy) is 1. The lowest BCUT2D eigenvalue weighted by molar-refractivity contribution is 0.00644. The summed E-state index contributed by atoms with van der Waals surface area (Å²) in [5.41, 5.74) is -0.501. The minimum atomic E-state index is -0.692. The van der Waals surface area contributed by atoms with Crippen LogP contribution in [0.4, 0.5) is 4.39 Å². The van der Waals surface area contributed by atoms with Gasteiger partial charge in [-0.15, -0.1) is 0 Å². The third-order valence-electron chi connectivity index (χ3n) is 2.37. The summed E-state index contributed by atoms with van der Waals surface area (Å²) in [5, 5.41) is 0. The summed E-state index contributed by atoms with van der Waals surface area (Å²) in [4.78, 5) is 25.8. The Morgan fingerprint density at radius 1 is 1.30 bits per heavy atom. The van der Waals surface area contributed by atoms with Gasteiger partial charge in [0.1, 0.15) is 17.1 Å². The number of thiazole rings is 1. The zero-order chi connectivity index (χ0) is 14.9. The van der Waals surface area contributed by atoms with Crippen molar-refractivity contribution >= 4 is 17.3 Å². The largest absolute Gasteiger partial charge is 0.455 e. The van der Waals surface area contributed by atoms with Gasteiger partial charge in [0, 0.05) is 5.56 Å². The van der Waals surface area contributed by atoms with E-state index in [4.69, 9.17) is 4.74 Å². The molecule has 2 aromatic rings. The summed E-state index contributed by atoms with van der Waals surface area (Å²) in [6, 6.07) is 5.98. The smallest absolute Gasteiger partial charge is 0.356 e. The van der Waals surface area contributed by atoms with Crippen molar-refractivity contribution < 1.29 is 13.9 Å². The Morgan fingerprint density at radius 3 is 2.55 bits per heavy atom. The highest BCUT2D eigenvalue weighted by Gasteiger charge is 2.24. The second-order valence-electron chi connectivity index (χ2n) is 5.20. The average Bonchev–Trinajstić information content (AvgIpc) is 2.69. The molecular formula is C14H14FNO3S. The third-order valence-corrected chi connectivity index (χ3v) is 3.29. The quantitative estimate of drug-likeness (QED) is 0.866. The maximum absolute atomic E-state index is 13.8. The summed E-state index contributed by atoms with van der Waals surface area (Å²) in [6.07, 6.45) is 0. The second-order valence-corrected chi connectivity index (χ2v) is 6.18. The summed E-state index contributed by atoms with van der Waals surface area (Å²) >= 11 is 0.784. The van der Waals surface area contributed by atoms with Gasteiger partial charge in [0.15, 0.2) is 0 Å². The molecule has 4 nitrogen and oxygen atoms in total. The lowest BCUT2D eigenvalue weighted by atomic mass is 10.1. The van der Waals surface area contributed by atoms with E-state index in [1.54, 1.807) is 32.9 Å². The minimum absolute atomic E-state index is 0.0139. The van der Waals surface area contributed by atoms with E-state index < -0.39 is 22.3 Å². The molecule has 0 amide bonds. The summed E-state index contributed by atoms with van der Waals surface area (Å²) in [7, 11) is 0. The van der Waals surface area contributed by atoms with Crippen molar-refractivity contribution in [2.45, 2.75) is 26.4 Å². The number of nitrogens with one attached hydrogen (secondary N) is 1. The van der Waals surface area contributed by atoms with E-state index in [1.807, 2.05) is 0 Å². The van der Waals surface area contributed by atoms with Crippen LogP contribution in [-0.2, 0) is 4.74 Å². The van der Waals surface area contributed by atoms with Crippen LogP contribution in [0.1, 0.15) is 31.3 Å². The summed E-state index contributed by atoms with van der Waals surface area (Å²) in [5.74, 6) is -1.17.